The van der Waals surface area contributed by atoms with E-state index in [0.29, 0.717) is 25.0 Å². The minimum atomic E-state index is -4.37. The van der Waals surface area contributed by atoms with E-state index in [1.165, 1.54) is 28.0 Å². The predicted octanol–water partition coefficient (Wildman–Crippen LogP) is 2.86. The van der Waals surface area contributed by atoms with Gasteiger partial charge in [-0.15, -0.1) is 0 Å². The van der Waals surface area contributed by atoms with Gasteiger partial charge in [0.2, 0.25) is 5.91 Å². The summed E-state index contributed by atoms with van der Waals surface area (Å²) >= 11 is 0. The minimum Gasteiger partial charge on any atom is -0.340 e. The van der Waals surface area contributed by atoms with Crippen LogP contribution in [0.5, 0.6) is 0 Å². The van der Waals surface area contributed by atoms with Crippen LogP contribution in [-0.4, -0.2) is 71.9 Å². The fraction of sp³-hybridized carbons (Fsp3) is 0.500. The molecule has 0 bridgehead atoms. The van der Waals surface area contributed by atoms with Crippen LogP contribution in [0.1, 0.15) is 78.7 Å². The number of hydrogen-bond acceptors (Lipinski definition) is 7. The van der Waals surface area contributed by atoms with Gasteiger partial charge in [0, 0.05) is 44.4 Å². The largest absolute Gasteiger partial charge is 0.340 e. The Bertz CT molecular complexity index is 1620. The molecule has 0 saturated heterocycles. The molecular formula is C30H38N6O6S. The van der Waals surface area contributed by atoms with Gasteiger partial charge in [-0.25, -0.2) is 9.52 Å². The molecule has 5 amide bonds. The van der Waals surface area contributed by atoms with E-state index in [-0.39, 0.29) is 30.5 Å². The van der Waals surface area contributed by atoms with Crippen molar-refractivity contribution in [1.29, 1.82) is 0 Å². The van der Waals surface area contributed by atoms with Gasteiger partial charge in [-0.2, -0.15) is 13.5 Å². The third-order valence-corrected chi connectivity index (χ3v) is 9.79. The number of aryl methyl sites for hydroxylation is 3. The fourth-order valence-corrected chi connectivity index (χ4v) is 7.25. The van der Waals surface area contributed by atoms with E-state index in [0.717, 1.165) is 71.7 Å². The number of carbonyl (C=O) groups is 4. The molecule has 0 fully saturated rings. The Morgan fingerprint density at radius 2 is 1.70 bits per heavy atom. The summed E-state index contributed by atoms with van der Waals surface area (Å²) in [7, 11) is -1.39. The quantitative estimate of drug-likeness (QED) is 0.443. The number of sulfonamides is 1. The Morgan fingerprint density at radius 1 is 1.05 bits per heavy atom. The van der Waals surface area contributed by atoms with E-state index in [2.05, 4.69) is 16.5 Å². The van der Waals surface area contributed by atoms with Gasteiger partial charge >= 0.3 is 6.03 Å². The number of imide groups is 1. The van der Waals surface area contributed by atoms with E-state index in [1.54, 1.807) is 7.05 Å². The molecular weight excluding hydrogens is 572 g/mol. The Morgan fingerprint density at radius 3 is 2.30 bits per heavy atom. The summed E-state index contributed by atoms with van der Waals surface area (Å²) in [5.74, 6) is -1.04. The van der Waals surface area contributed by atoms with Crippen molar-refractivity contribution < 1.29 is 27.6 Å². The second-order valence-electron chi connectivity index (χ2n) is 11.5. The zero-order chi connectivity index (χ0) is 31.1. The number of nitrogens with one attached hydrogen (secondary N) is 2. The molecule has 2 aromatic rings. The normalized spacial score (nSPS) is 16.0. The highest BCUT2D eigenvalue weighted by molar-refractivity contribution is 7.90. The summed E-state index contributed by atoms with van der Waals surface area (Å²) in [5, 5.41) is 6.33. The summed E-state index contributed by atoms with van der Waals surface area (Å²) < 4.78 is 29.4. The van der Waals surface area contributed by atoms with Gasteiger partial charge in [0.15, 0.2) is 5.03 Å². The molecule has 0 saturated carbocycles. The molecule has 230 valence electrons. The number of aromatic nitrogens is 2. The average Bonchev–Trinajstić information content (AvgIpc) is 3.74. The summed E-state index contributed by atoms with van der Waals surface area (Å²) in [4.78, 5) is 53.7. The van der Waals surface area contributed by atoms with E-state index >= 15 is 0 Å². The van der Waals surface area contributed by atoms with Gasteiger partial charge in [-0.05, 0) is 86.1 Å². The number of rotatable bonds is 9. The Balaban J connectivity index is 1.19. The topological polar surface area (TPSA) is 151 Å². The second kappa shape index (κ2) is 11.9. The summed E-state index contributed by atoms with van der Waals surface area (Å²) in [6, 6.07) is 2.48. The number of amides is 5. The van der Waals surface area contributed by atoms with Crippen LogP contribution in [0, 0.1) is 0 Å². The van der Waals surface area contributed by atoms with Gasteiger partial charge in [0.1, 0.15) is 5.69 Å². The van der Waals surface area contributed by atoms with Crippen molar-refractivity contribution in [2.75, 3.05) is 25.5 Å². The lowest BCUT2D eigenvalue weighted by molar-refractivity contribution is -0.141. The first-order valence-corrected chi connectivity index (χ1v) is 16.2. The molecule has 2 heterocycles. The maximum absolute atomic E-state index is 13.1. The monoisotopic (exact) mass is 610 g/mol. The lowest BCUT2D eigenvalue weighted by Gasteiger charge is -2.18. The van der Waals surface area contributed by atoms with E-state index in [1.807, 2.05) is 18.6 Å². The van der Waals surface area contributed by atoms with Crippen molar-refractivity contribution in [3.63, 3.8) is 0 Å². The molecule has 13 heteroatoms. The van der Waals surface area contributed by atoms with Crippen LogP contribution in [-0.2, 0) is 52.3 Å². The molecule has 0 unspecified atom stereocenters. The number of carbonyl (C=O) groups excluding carboxylic acids is 4. The number of anilines is 1. The number of hydrogen-bond donors (Lipinski definition) is 2. The molecule has 2 aliphatic carbocycles. The summed E-state index contributed by atoms with van der Waals surface area (Å²) in [6.07, 6.45) is 6.55. The third kappa shape index (κ3) is 5.95. The molecule has 12 nitrogen and oxygen atoms in total. The first kappa shape index (κ1) is 30.5. The molecule has 0 atom stereocenters. The van der Waals surface area contributed by atoms with E-state index < -0.39 is 27.0 Å². The number of benzene rings is 1. The SMILES string of the molecule is CCC1=C(C)CN(C(=O)CCCN(C)C(=O)c2cc(S(=O)(=O)NC(=O)Nc3c4c(cc5c3CCC5)CCC4)nn2C)C1=O. The lowest BCUT2D eigenvalue weighted by Crippen LogP contribution is -2.35. The van der Waals surface area contributed by atoms with E-state index in [9.17, 15) is 27.6 Å². The highest BCUT2D eigenvalue weighted by Crippen LogP contribution is 2.38. The smallest absolute Gasteiger partial charge is 0.333 e. The van der Waals surface area contributed by atoms with Gasteiger partial charge < -0.3 is 10.2 Å². The minimum absolute atomic E-state index is 0.00967. The van der Waals surface area contributed by atoms with Gasteiger partial charge in [0.05, 0.1) is 6.54 Å². The highest BCUT2D eigenvalue weighted by atomic mass is 32.2. The Labute approximate surface area is 251 Å². The Hall–Kier alpha value is -4.00. The first-order chi connectivity index (χ1) is 20.4. The molecule has 1 aromatic heterocycles. The first-order valence-electron chi connectivity index (χ1n) is 14.7. The van der Waals surface area contributed by atoms with Crippen LogP contribution in [0.3, 0.4) is 0 Å². The molecule has 3 aliphatic rings. The van der Waals surface area contributed by atoms with Crippen LogP contribution in [0.2, 0.25) is 0 Å². The van der Waals surface area contributed by atoms with Gasteiger partial charge in [0.25, 0.3) is 21.8 Å². The van der Waals surface area contributed by atoms with Crippen LogP contribution in [0.25, 0.3) is 0 Å². The number of fused-ring (bicyclic) bond motifs is 2. The molecule has 0 spiro atoms. The van der Waals surface area contributed by atoms with Crippen molar-refractivity contribution in [1.82, 2.24) is 24.3 Å². The van der Waals surface area contributed by atoms with Crippen molar-refractivity contribution in [2.24, 2.45) is 7.05 Å². The van der Waals surface area contributed by atoms with Crippen molar-refractivity contribution in [3.05, 3.63) is 51.2 Å². The van der Waals surface area contributed by atoms with Gasteiger partial charge in [-0.3, -0.25) is 24.0 Å². The fourth-order valence-electron chi connectivity index (χ4n) is 6.36. The summed E-state index contributed by atoms with van der Waals surface area (Å²) in [5.41, 5.74) is 6.87. The third-order valence-electron chi connectivity index (χ3n) is 8.59. The molecule has 2 N–H and O–H groups in total. The zero-order valence-corrected chi connectivity index (χ0v) is 25.9. The second-order valence-corrected chi connectivity index (χ2v) is 13.1. The van der Waals surface area contributed by atoms with Crippen LogP contribution in [0.15, 0.2) is 28.3 Å². The summed E-state index contributed by atoms with van der Waals surface area (Å²) in [6.45, 7) is 4.23. The van der Waals surface area contributed by atoms with Gasteiger partial charge in [-0.1, -0.05) is 13.0 Å². The van der Waals surface area contributed by atoms with Crippen molar-refractivity contribution in [2.45, 2.75) is 76.7 Å². The van der Waals surface area contributed by atoms with Crippen LogP contribution < -0.4 is 10.0 Å². The maximum Gasteiger partial charge on any atom is 0.333 e. The molecule has 1 aromatic carbocycles. The highest BCUT2D eigenvalue weighted by Gasteiger charge is 2.32. The zero-order valence-electron chi connectivity index (χ0n) is 25.1. The average molecular weight is 611 g/mol. The Kier molecular flexibility index (Phi) is 8.46. The lowest BCUT2D eigenvalue weighted by atomic mass is 9.99. The molecule has 0 radical (unpaired) electrons. The molecule has 5 rings (SSSR count). The van der Waals surface area contributed by atoms with Crippen LogP contribution in [0.4, 0.5) is 10.5 Å². The van der Waals surface area contributed by atoms with E-state index in [4.69, 9.17) is 0 Å². The van der Waals surface area contributed by atoms with Crippen LogP contribution >= 0.6 is 0 Å². The standard InChI is InChI=1S/C30H38N6O6S/c1-5-21-18(2)17-36(28(21)38)26(37)13-8-14-34(3)29(39)24-16-25(32-35(24)4)43(41,42)33-30(40)31-27-22-11-6-9-19(22)15-20-10-7-12-23(20)27/h15-16H,5-14,17H2,1-4H3,(H2,31,33,40). The maximum atomic E-state index is 13.1. The van der Waals surface area contributed by atoms with Crippen molar-refractivity contribution >= 4 is 39.5 Å². The van der Waals surface area contributed by atoms with Crippen molar-refractivity contribution in [3.8, 4) is 0 Å². The molecule has 1 aliphatic heterocycles. The number of urea groups is 1. The predicted molar refractivity (Wildman–Crippen MR) is 159 cm³/mol. The number of nitrogens with zero attached hydrogens (tertiary/aromatic N) is 4. The molecule has 43 heavy (non-hydrogen) atoms.